The molecule has 7 heteroatoms. The molecule has 2 rings (SSSR count). The van der Waals surface area contributed by atoms with E-state index < -0.39 is 0 Å². The maximum absolute atomic E-state index is 5.54. The van der Waals surface area contributed by atoms with E-state index in [1.165, 1.54) is 5.56 Å². The molecule has 0 fully saturated rings. The maximum Gasteiger partial charge on any atom is 0.190 e. The van der Waals surface area contributed by atoms with E-state index in [1.807, 2.05) is 35.7 Å². The molecule has 0 radical (unpaired) electrons. The van der Waals surface area contributed by atoms with Crippen molar-refractivity contribution in [2.45, 2.75) is 18.1 Å². The van der Waals surface area contributed by atoms with Gasteiger partial charge in [-0.2, -0.15) is 5.10 Å². The number of nitrogens with two attached hydrogens (primary N) is 1. The Bertz CT molecular complexity index is 489. The Labute approximate surface area is 104 Å². The lowest BCUT2D eigenvalue weighted by Crippen LogP contribution is -2.05. The van der Waals surface area contributed by atoms with Crippen molar-refractivity contribution in [1.29, 1.82) is 0 Å². The van der Waals surface area contributed by atoms with E-state index in [0.29, 0.717) is 6.54 Å². The fourth-order valence-corrected chi connectivity index (χ4v) is 2.43. The topological polar surface area (TPSA) is 74.6 Å². The highest BCUT2D eigenvalue weighted by atomic mass is 32.2. The number of rotatable bonds is 5. The number of aromatic nitrogens is 5. The molecule has 0 aliphatic carbocycles. The highest BCUT2D eigenvalue weighted by Gasteiger charge is 2.07. The predicted molar refractivity (Wildman–Crippen MR) is 66.5 cm³/mol. The number of thioether (sulfide) groups is 1. The molecule has 6 nitrogen and oxygen atoms in total. The summed E-state index contributed by atoms with van der Waals surface area (Å²) in [5.74, 6) is 1.77. The molecule has 0 spiro atoms. The molecule has 2 heterocycles. The summed E-state index contributed by atoms with van der Waals surface area (Å²) in [4.78, 5) is 0. The van der Waals surface area contributed by atoms with Gasteiger partial charge < -0.3 is 10.3 Å². The summed E-state index contributed by atoms with van der Waals surface area (Å²) < 4.78 is 3.75. The molecule has 92 valence electrons. The smallest absolute Gasteiger partial charge is 0.190 e. The summed E-state index contributed by atoms with van der Waals surface area (Å²) in [5, 5.41) is 13.2. The van der Waals surface area contributed by atoms with Crippen molar-refractivity contribution < 1.29 is 0 Å². The third-order valence-corrected chi connectivity index (χ3v) is 3.51. The van der Waals surface area contributed by atoms with Crippen LogP contribution in [0.25, 0.3) is 0 Å². The van der Waals surface area contributed by atoms with Gasteiger partial charge in [-0.3, -0.25) is 4.68 Å². The average Bonchev–Trinajstić information content (AvgIpc) is 2.87. The van der Waals surface area contributed by atoms with Gasteiger partial charge in [-0.05, 0) is 12.0 Å². The summed E-state index contributed by atoms with van der Waals surface area (Å²) in [7, 11) is 3.86. The first-order valence-electron chi connectivity index (χ1n) is 5.39. The van der Waals surface area contributed by atoms with E-state index in [1.54, 1.807) is 11.8 Å². The van der Waals surface area contributed by atoms with Crippen molar-refractivity contribution in [2.24, 2.45) is 19.8 Å². The van der Waals surface area contributed by atoms with Gasteiger partial charge in [0.25, 0.3) is 0 Å². The zero-order valence-corrected chi connectivity index (χ0v) is 10.8. The number of hydrogen-bond acceptors (Lipinski definition) is 5. The van der Waals surface area contributed by atoms with E-state index in [9.17, 15) is 0 Å². The van der Waals surface area contributed by atoms with Gasteiger partial charge in [0.2, 0.25) is 0 Å². The zero-order chi connectivity index (χ0) is 12.3. The van der Waals surface area contributed by atoms with Crippen LogP contribution in [0.5, 0.6) is 0 Å². The first-order chi connectivity index (χ1) is 8.20. The Morgan fingerprint density at radius 1 is 1.35 bits per heavy atom. The molecule has 0 aliphatic heterocycles. The monoisotopic (exact) mass is 252 g/mol. The van der Waals surface area contributed by atoms with Crippen molar-refractivity contribution in [3.63, 3.8) is 0 Å². The minimum Gasteiger partial charge on any atom is -0.324 e. The Balaban J connectivity index is 1.87. The minimum atomic E-state index is 0.423. The molecular weight excluding hydrogens is 236 g/mol. The van der Waals surface area contributed by atoms with E-state index in [0.717, 1.165) is 23.2 Å². The van der Waals surface area contributed by atoms with Gasteiger partial charge >= 0.3 is 0 Å². The molecule has 0 atom stereocenters. The van der Waals surface area contributed by atoms with Gasteiger partial charge in [0.05, 0.1) is 12.7 Å². The lowest BCUT2D eigenvalue weighted by Gasteiger charge is -2.01. The van der Waals surface area contributed by atoms with Crippen LogP contribution in [0.4, 0.5) is 0 Å². The summed E-state index contributed by atoms with van der Waals surface area (Å²) >= 11 is 1.68. The second-order valence-electron chi connectivity index (χ2n) is 3.78. The van der Waals surface area contributed by atoms with Gasteiger partial charge in [0.15, 0.2) is 5.16 Å². The van der Waals surface area contributed by atoms with Crippen molar-refractivity contribution in [1.82, 2.24) is 24.5 Å². The molecule has 17 heavy (non-hydrogen) atoms. The molecule has 0 amide bonds. The Hall–Kier alpha value is -1.34. The second-order valence-corrected chi connectivity index (χ2v) is 4.84. The molecule has 2 aromatic heterocycles. The Morgan fingerprint density at radius 3 is 2.76 bits per heavy atom. The molecule has 2 N–H and O–H groups in total. The molecule has 2 aromatic rings. The third kappa shape index (κ3) is 2.86. The summed E-state index contributed by atoms with van der Waals surface area (Å²) in [5.41, 5.74) is 6.78. The van der Waals surface area contributed by atoms with Gasteiger partial charge in [-0.15, -0.1) is 10.2 Å². The Morgan fingerprint density at radius 2 is 2.18 bits per heavy atom. The number of nitrogens with zero attached hydrogens (tertiary/aromatic N) is 5. The van der Waals surface area contributed by atoms with Crippen LogP contribution in [-0.2, 0) is 27.1 Å². The quantitative estimate of drug-likeness (QED) is 0.777. The molecule has 0 bridgehead atoms. The highest BCUT2D eigenvalue weighted by Crippen LogP contribution is 2.16. The van der Waals surface area contributed by atoms with E-state index in [2.05, 4.69) is 15.3 Å². The summed E-state index contributed by atoms with van der Waals surface area (Å²) in [6, 6.07) is 0. The first-order valence-corrected chi connectivity index (χ1v) is 6.38. The molecule has 0 aromatic carbocycles. The summed E-state index contributed by atoms with van der Waals surface area (Å²) in [6.45, 7) is 0.423. The fraction of sp³-hybridized carbons (Fsp3) is 0.500. The first kappa shape index (κ1) is 12.1. The van der Waals surface area contributed by atoms with Crippen LogP contribution in [-0.4, -0.2) is 30.3 Å². The van der Waals surface area contributed by atoms with Crippen molar-refractivity contribution >= 4 is 11.8 Å². The van der Waals surface area contributed by atoms with E-state index >= 15 is 0 Å². The standard InChI is InChI=1S/C10H16N6S/c1-15-7-8(6-12-15)3-4-17-10-14-13-9(5-11)16(10)2/h6-7H,3-5,11H2,1-2H3. The highest BCUT2D eigenvalue weighted by molar-refractivity contribution is 7.99. The van der Waals surface area contributed by atoms with Crippen LogP contribution < -0.4 is 5.73 Å². The van der Waals surface area contributed by atoms with Gasteiger partial charge in [0.1, 0.15) is 5.82 Å². The van der Waals surface area contributed by atoms with Crippen LogP contribution in [0, 0.1) is 0 Å². The van der Waals surface area contributed by atoms with Crippen molar-refractivity contribution in [3.05, 3.63) is 23.8 Å². The molecular formula is C10H16N6S. The SMILES string of the molecule is Cn1cc(CCSc2nnc(CN)n2C)cn1. The van der Waals surface area contributed by atoms with Gasteiger partial charge in [-0.25, -0.2) is 0 Å². The maximum atomic E-state index is 5.54. The van der Waals surface area contributed by atoms with Crippen molar-refractivity contribution in [2.75, 3.05) is 5.75 Å². The second kappa shape index (κ2) is 5.33. The lowest BCUT2D eigenvalue weighted by molar-refractivity contribution is 0.734. The predicted octanol–water partition coefficient (Wildman–Crippen LogP) is 0.342. The van der Waals surface area contributed by atoms with Crippen LogP contribution in [0.2, 0.25) is 0 Å². The average molecular weight is 252 g/mol. The van der Waals surface area contributed by atoms with Crippen LogP contribution in [0.3, 0.4) is 0 Å². The van der Waals surface area contributed by atoms with Crippen LogP contribution in [0.15, 0.2) is 17.6 Å². The van der Waals surface area contributed by atoms with Gasteiger partial charge in [-0.1, -0.05) is 11.8 Å². The van der Waals surface area contributed by atoms with E-state index in [4.69, 9.17) is 5.73 Å². The minimum absolute atomic E-state index is 0.423. The largest absolute Gasteiger partial charge is 0.324 e. The van der Waals surface area contributed by atoms with Gasteiger partial charge in [0, 0.05) is 26.0 Å². The third-order valence-electron chi connectivity index (χ3n) is 2.49. The molecule has 0 aliphatic rings. The molecule has 0 saturated carbocycles. The summed E-state index contributed by atoms with van der Waals surface area (Å²) in [6.07, 6.45) is 4.90. The molecule has 0 saturated heterocycles. The number of hydrogen-bond donors (Lipinski definition) is 1. The van der Waals surface area contributed by atoms with Crippen LogP contribution >= 0.6 is 11.8 Å². The Kier molecular flexibility index (Phi) is 3.80. The normalized spacial score (nSPS) is 11.0. The van der Waals surface area contributed by atoms with E-state index in [-0.39, 0.29) is 0 Å². The lowest BCUT2D eigenvalue weighted by atomic mass is 10.3. The fourth-order valence-electron chi connectivity index (χ4n) is 1.51. The van der Waals surface area contributed by atoms with Crippen molar-refractivity contribution in [3.8, 4) is 0 Å². The van der Waals surface area contributed by atoms with Crippen LogP contribution in [0.1, 0.15) is 11.4 Å². The number of aryl methyl sites for hydroxylation is 2. The molecule has 0 unspecified atom stereocenters. The zero-order valence-electron chi connectivity index (χ0n) is 10.00.